The molecule has 1 aliphatic heterocycles. The first-order chi connectivity index (χ1) is 9.70. The van der Waals surface area contributed by atoms with Crippen LogP contribution in [0.1, 0.15) is 11.6 Å². The van der Waals surface area contributed by atoms with Crippen molar-refractivity contribution >= 4 is 0 Å². The van der Waals surface area contributed by atoms with Gasteiger partial charge in [0.05, 0.1) is 19.3 Å². The number of ether oxygens (including phenoxy) is 2. The van der Waals surface area contributed by atoms with Gasteiger partial charge in [-0.15, -0.1) is 0 Å². The number of nitrogens with two attached hydrogens (primary N) is 1. The second-order valence-corrected chi connectivity index (χ2v) is 4.43. The van der Waals surface area contributed by atoms with Crippen LogP contribution in [0.5, 0.6) is 5.75 Å². The third-order valence-corrected chi connectivity index (χ3v) is 3.10. The molecule has 0 radical (unpaired) electrons. The van der Waals surface area contributed by atoms with E-state index in [1.807, 2.05) is 5.01 Å². The Hall–Kier alpha value is -1.28. The quantitative estimate of drug-likeness (QED) is 0.821. The minimum atomic E-state index is -2.85. The van der Waals surface area contributed by atoms with Crippen LogP contribution in [0.25, 0.3) is 0 Å². The van der Waals surface area contributed by atoms with Crippen LogP contribution in [0.15, 0.2) is 24.3 Å². The summed E-state index contributed by atoms with van der Waals surface area (Å²) in [6.45, 7) is 0.167. The summed E-state index contributed by atoms with van der Waals surface area (Å²) in [6, 6.07) is 6.41. The highest BCUT2D eigenvalue weighted by molar-refractivity contribution is 5.36. The van der Waals surface area contributed by atoms with Gasteiger partial charge in [0, 0.05) is 25.2 Å². The fourth-order valence-corrected chi connectivity index (χ4v) is 2.13. The lowest BCUT2D eigenvalue weighted by molar-refractivity contribution is -0.0512. The zero-order valence-electron chi connectivity index (χ0n) is 11.1. The largest absolute Gasteiger partial charge is 0.434 e. The van der Waals surface area contributed by atoms with Gasteiger partial charge < -0.3 is 15.2 Å². The van der Waals surface area contributed by atoms with E-state index in [2.05, 4.69) is 10.2 Å². The van der Waals surface area contributed by atoms with Crippen LogP contribution >= 0.6 is 0 Å². The number of benzene rings is 1. The molecule has 2 rings (SSSR count). The molecule has 1 unspecified atom stereocenters. The predicted molar refractivity (Wildman–Crippen MR) is 70.4 cm³/mol. The maximum Gasteiger partial charge on any atom is 0.387 e. The first-order valence-electron chi connectivity index (χ1n) is 6.53. The van der Waals surface area contributed by atoms with Gasteiger partial charge in [0.25, 0.3) is 0 Å². The van der Waals surface area contributed by atoms with Crippen LogP contribution in [0, 0.1) is 0 Å². The van der Waals surface area contributed by atoms with Crippen LogP contribution in [0.2, 0.25) is 0 Å². The van der Waals surface area contributed by atoms with Crippen LogP contribution in [-0.4, -0.2) is 44.5 Å². The number of para-hydroxylation sites is 1. The van der Waals surface area contributed by atoms with Crippen molar-refractivity contribution < 1.29 is 18.3 Å². The van der Waals surface area contributed by atoms with Crippen molar-refractivity contribution in [1.29, 1.82) is 0 Å². The maximum atomic E-state index is 12.4. The standard InChI is InChI=1S/C13H19F2N3O2/c14-13(15)20-12-4-2-1-3-10(12)11(9-16)17-18-5-7-19-8-6-18/h1-4,11,13,17H,5-9,16H2. The predicted octanol–water partition coefficient (Wildman–Crippen LogP) is 1.12. The summed E-state index contributed by atoms with van der Waals surface area (Å²) >= 11 is 0. The molecule has 20 heavy (non-hydrogen) atoms. The Bertz CT molecular complexity index is 414. The third kappa shape index (κ3) is 4.11. The molecule has 1 atom stereocenters. The van der Waals surface area contributed by atoms with E-state index in [4.69, 9.17) is 10.5 Å². The molecule has 1 aromatic rings. The molecule has 0 amide bonds. The van der Waals surface area contributed by atoms with Gasteiger partial charge in [0.2, 0.25) is 0 Å². The van der Waals surface area contributed by atoms with E-state index in [1.165, 1.54) is 6.07 Å². The van der Waals surface area contributed by atoms with Crippen LogP contribution < -0.4 is 15.9 Å². The van der Waals surface area contributed by atoms with Crippen molar-refractivity contribution in [3.8, 4) is 5.75 Å². The van der Waals surface area contributed by atoms with E-state index in [-0.39, 0.29) is 18.3 Å². The number of hydrogen-bond acceptors (Lipinski definition) is 5. The maximum absolute atomic E-state index is 12.4. The van der Waals surface area contributed by atoms with E-state index in [1.54, 1.807) is 18.2 Å². The molecule has 0 aliphatic carbocycles. The number of hydrazine groups is 1. The van der Waals surface area contributed by atoms with E-state index in [0.717, 1.165) is 13.1 Å². The summed E-state index contributed by atoms with van der Waals surface area (Å²) in [4.78, 5) is 0. The van der Waals surface area contributed by atoms with Gasteiger partial charge in [-0.2, -0.15) is 8.78 Å². The van der Waals surface area contributed by atoms with Crippen LogP contribution in [0.3, 0.4) is 0 Å². The topological polar surface area (TPSA) is 59.8 Å². The minimum absolute atomic E-state index is 0.152. The molecular weight excluding hydrogens is 268 g/mol. The Morgan fingerprint density at radius 3 is 2.65 bits per heavy atom. The second kappa shape index (κ2) is 7.49. The van der Waals surface area contributed by atoms with Crippen molar-refractivity contribution in [2.45, 2.75) is 12.7 Å². The lowest BCUT2D eigenvalue weighted by Gasteiger charge is -2.32. The summed E-state index contributed by atoms with van der Waals surface area (Å²) in [5.41, 5.74) is 9.62. The summed E-state index contributed by atoms with van der Waals surface area (Å²) < 4.78 is 34.7. The van der Waals surface area contributed by atoms with Gasteiger partial charge >= 0.3 is 6.61 Å². The molecular formula is C13H19F2N3O2. The number of rotatable bonds is 6. The zero-order chi connectivity index (χ0) is 14.4. The minimum Gasteiger partial charge on any atom is -0.434 e. The fraction of sp³-hybridized carbons (Fsp3) is 0.538. The van der Waals surface area contributed by atoms with E-state index < -0.39 is 6.61 Å². The Morgan fingerprint density at radius 1 is 1.30 bits per heavy atom. The van der Waals surface area contributed by atoms with Crippen molar-refractivity contribution in [3.05, 3.63) is 29.8 Å². The summed E-state index contributed by atoms with van der Waals surface area (Å²) in [5, 5.41) is 1.99. The SMILES string of the molecule is NCC(NN1CCOCC1)c1ccccc1OC(F)F. The molecule has 0 spiro atoms. The number of halogens is 2. The van der Waals surface area contributed by atoms with Crippen molar-refractivity contribution in [2.24, 2.45) is 5.73 Å². The van der Waals surface area contributed by atoms with Crippen LogP contribution in [-0.2, 0) is 4.74 Å². The summed E-state index contributed by atoms with van der Waals surface area (Å²) in [6.07, 6.45) is 0. The normalized spacial score (nSPS) is 18.2. The Balaban J connectivity index is 2.09. The first-order valence-corrected chi connectivity index (χ1v) is 6.53. The molecule has 3 N–H and O–H groups in total. The average Bonchev–Trinajstić information content (AvgIpc) is 2.46. The van der Waals surface area contributed by atoms with Gasteiger partial charge in [-0.3, -0.25) is 0 Å². The lowest BCUT2D eigenvalue weighted by atomic mass is 10.1. The number of nitrogens with one attached hydrogen (secondary N) is 1. The highest BCUT2D eigenvalue weighted by atomic mass is 19.3. The van der Waals surface area contributed by atoms with Crippen molar-refractivity contribution in [1.82, 2.24) is 10.4 Å². The van der Waals surface area contributed by atoms with E-state index >= 15 is 0 Å². The average molecular weight is 287 g/mol. The van der Waals surface area contributed by atoms with E-state index in [9.17, 15) is 8.78 Å². The number of alkyl halides is 2. The van der Waals surface area contributed by atoms with Crippen LogP contribution in [0.4, 0.5) is 8.78 Å². The number of hydrogen-bond donors (Lipinski definition) is 2. The Morgan fingerprint density at radius 2 is 2.00 bits per heavy atom. The third-order valence-electron chi connectivity index (χ3n) is 3.10. The van der Waals surface area contributed by atoms with Crippen molar-refractivity contribution in [2.75, 3.05) is 32.8 Å². The molecule has 1 heterocycles. The molecule has 1 fully saturated rings. The fourth-order valence-electron chi connectivity index (χ4n) is 2.13. The van der Waals surface area contributed by atoms with Gasteiger partial charge in [-0.1, -0.05) is 18.2 Å². The van der Waals surface area contributed by atoms with Gasteiger partial charge in [0.1, 0.15) is 5.75 Å². The monoisotopic (exact) mass is 287 g/mol. The highest BCUT2D eigenvalue weighted by Gasteiger charge is 2.20. The highest BCUT2D eigenvalue weighted by Crippen LogP contribution is 2.26. The van der Waals surface area contributed by atoms with Crippen molar-refractivity contribution in [3.63, 3.8) is 0 Å². The zero-order valence-corrected chi connectivity index (χ0v) is 11.1. The molecule has 0 bridgehead atoms. The second-order valence-electron chi connectivity index (χ2n) is 4.43. The number of nitrogens with zero attached hydrogens (tertiary/aromatic N) is 1. The van der Waals surface area contributed by atoms with Gasteiger partial charge in [-0.25, -0.2) is 10.4 Å². The molecule has 7 heteroatoms. The first kappa shape index (κ1) is 15.1. The Labute approximate surface area is 116 Å². The molecule has 112 valence electrons. The lowest BCUT2D eigenvalue weighted by Crippen LogP contribution is -2.48. The Kier molecular flexibility index (Phi) is 5.66. The smallest absolute Gasteiger partial charge is 0.387 e. The number of morpholine rings is 1. The molecule has 0 saturated carbocycles. The molecule has 1 saturated heterocycles. The van der Waals surface area contributed by atoms with Gasteiger partial charge in [0.15, 0.2) is 0 Å². The van der Waals surface area contributed by atoms with E-state index in [0.29, 0.717) is 18.8 Å². The summed E-state index contributed by atoms with van der Waals surface area (Å²) in [5.74, 6) is 0.152. The molecule has 1 aliphatic rings. The summed E-state index contributed by atoms with van der Waals surface area (Å²) in [7, 11) is 0. The van der Waals surface area contributed by atoms with Gasteiger partial charge in [-0.05, 0) is 6.07 Å². The molecule has 1 aromatic carbocycles. The molecule has 5 nitrogen and oxygen atoms in total. The molecule has 0 aromatic heterocycles.